The molecule has 0 N–H and O–H groups in total. The van der Waals surface area contributed by atoms with Crippen LogP contribution < -0.4 is 4.74 Å². The number of nitrogens with zero attached hydrogens (tertiary/aromatic N) is 1. The Morgan fingerprint density at radius 2 is 1.96 bits per heavy atom. The van der Waals surface area contributed by atoms with Crippen molar-refractivity contribution in [3.63, 3.8) is 0 Å². The Labute approximate surface area is 161 Å². The molecule has 3 rings (SSSR count). The summed E-state index contributed by atoms with van der Waals surface area (Å²) in [5.41, 5.74) is 2.70. The highest BCUT2D eigenvalue weighted by molar-refractivity contribution is 9.10. The first-order valence-corrected chi connectivity index (χ1v) is 11.2. The zero-order valence-corrected chi connectivity index (χ0v) is 17.5. The summed E-state index contributed by atoms with van der Waals surface area (Å²) in [5, 5.41) is -0.293. The monoisotopic (exact) mass is 441 g/mol. The summed E-state index contributed by atoms with van der Waals surface area (Å²) >= 11 is 5.09. The van der Waals surface area contributed by atoms with E-state index in [1.54, 1.807) is 29.2 Å². The third kappa shape index (κ3) is 3.60. The van der Waals surface area contributed by atoms with E-state index >= 15 is 0 Å². The number of rotatable bonds is 4. The van der Waals surface area contributed by atoms with Crippen LogP contribution in [0.4, 0.5) is 0 Å². The molecule has 2 aromatic rings. The first-order chi connectivity index (χ1) is 11.8. The summed E-state index contributed by atoms with van der Waals surface area (Å²) in [6.07, 6.45) is 0. The van der Waals surface area contributed by atoms with E-state index in [2.05, 4.69) is 15.9 Å². The SMILES string of the molecule is COc1ccc(Br)cc1[C@H]1SCCN1S(=O)(=O)c1ccc(C)cc1C. The molecule has 134 valence electrons. The number of hydrogen-bond donors (Lipinski definition) is 0. The minimum Gasteiger partial charge on any atom is -0.496 e. The van der Waals surface area contributed by atoms with Crippen molar-refractivity contribution in [3.8, 4) is 5.75 Å². The van der Waals surface area contributed by atoms with Gasteiger partial charge < -0.3 is 4.74 Å². The standard InChI is InChI=1S/C18H20BrNO3S2/c1-12-4-7-17(13(2)10-12)25(21,22)20-8-9-24-18(20)15-11-14(19)5-6-16(15)23-3/h4-7,10-11,18H,8-9H2,1-3H3/t18-/m1/s1. The molecule has 0 aromatic heterocycles. The van der Waals surface area contributed by atoms with Gasteiger partial charge in [0.1, 0.15) is 5.75 Å². The van der Waals surface area contributed by atoms with E-state index < -0.39 is 10.0 Å². The van der Waals surface area contributed by atoms with Crippen molar-refractivity contribution in [2.24, 2.45) is 0 Å². The second kappa shape index (κ2) is 7.31. The minimum absolute atomic E-state index is 0.293. The van der Waals surface area contributed by atoms with Crippen molar-refractivity contribution in [2.75, 3.05) is 19.4 Å². The lowest BCUT2D eigenvalue weighted by molar-refractivity contribution is 0.390. The molecular weight excluding hydrogens is 422 g/mol. The van der Waals surface area contributed by atoms with E-state index in [4.69, 9.17) is 4.74 Å². The summed E-state index contributed by atoms with van der Waals surface area (Å²) in [6.45, 7) is 4.29. The molecule has 25 heavy (non-hydrogen) atoms. The molecule has 4 nitrogen and oxygen atoms in total. The second-order valence-corrected chi connectivity index (χ2v) is 9.96. The zero-order chi connectivity index (χ0) is 18.2. The van der Waals surface area contributed by atoms with E-state index in [0.717, 1.165) is 26.9 Å². The summed E-state index contributed by atoms with van der Waals surface area (Å²) in [5.74, 6) is 1.45. The molecule has 1 fully saturated rings. The molecule has 0 aliphatic carbocycles. The molecule has 1 aliphatic heterocycles. The molecule has 1 aliphatic rings. The van der Waals surface area contributed by atoms with Gasteiger partial charge in [-0.3, -0.25) is 0 Å². The largest absolute Gasteiger partial charge is 0.496 e. The van der Waals surface area contributed by atoms with Gasteiger partial charge in [-0.2, -0.15) is 4.31 Å². The van der Waals surface area contributed by atoms with Crippen molar-refractivity contribution in [3.05, 3.63) is 57.6 Å². The fourth-order valence-corrected chi connectivity index (χ4v) is 6.89. The highest BCUT2D eigenvalue weighted by Gasteiger charge is 2.38. The molecule has 0 spiro atoms. The number of halogens is 1. The number of thioether (sulfide) groups is 1. The summed E-state index contributed by atoms with van der Waals surface area (Å²) < 4.78 is 34.5. The average molecular weight is 442 g/mol. The van der Waals surface area contributed by atoms with Crippen LogP contribution in [0, 0.1) is 13.8 Å². The maximum absolute atomic E-state index is 13.3. The Balaban J connectivity index is 2.06. The van der Waals surface area contributed by atoms with Crippen LogP contribution in [0.3, 0.4) is 0 Å². The fourth-order valence-electron chi connectivity index (χ4n) is 3.06. The van der Waals surface area contributed by atoms with Crippen LogP contribution >= 0.6 is 27.7 Å². The topological polar surface area (TPSA) is 46.6 Å². The molecule has 1 atom stereocenters. The highest BCUT2D eigenvalue weighted by Crippen LogP contribution is 2.45. The minimum atomic E-state index is -3.58. The molecule has 0 bridgehead atoms. The van der Waals surface area contributed by atoms with E-state index in [-0.39, 0.29) is 5.37 Å². The number of methoxy groups -OCH3 is 1. The normalized spacial score (nSPS) is 18.5. The molecule has 0 amide bonds. The Morgan fingerprint density at radius 1 is 1.20 bits per heavy atom. The third-order valence-corrected chi connectivity index (χ3v) is 8.12. The molecule has 0 radical (unpaired) electrons. The Morgan fingerprint density at radius 3 is 2.64 bits per heavy atom. The van der Waals surface area contributed by atoms with Crippen LogP contribution in [0.2, 0.25) is 0 Å². The zero-order valence-electron chi connectivity index (χ0n) is 14.3. The molecule has 0 saturated carbocycles. The number of benzene rings is 2. The first-order valence-electron chi connectivity index (χ1n) is 7.88. The van der Waals surface area contributed by atoms with Crippen molar-refractivity contribution in [1.29, 1.82) is 0 Å². The van der Waals surface area contributed by atoms with Gasteiger partial charge in [0.2, 0.25) is 10.0 Å². The van der Waals surface area contributed by atoms with E-state index in [9.17, 15) is 8.42 Å². The third-order valence-electron chi connectivity index (χ3n) is 4.22. The van der Waals surface area contributed by atoms with Gasteiger partial charge in [0.25, 0.3) is 0 Å². The smallest absolute Gasteiger partial charge is 0.244 e. The van der Waals surface area contributed by atoms with Crippen LogP contribution in [0.5, 0.6) is 5.75 Å². The highest BCUT2D eigenvalue weighted by atomic mass is 79.9. The van der Waals surface area contributed by atoms with Crippen LogP contribution in [0.25, 0.3) is 0 Å². The summed E-state index contributed by atoms with van der Waals surface area (Å²) in [6, 6.07) is 11.2. The predicted octanol–water partition coefficient (Wildman–Crippen LogP) is 4.51. The van der Waals surface area contributed by atoms with E-state index in [0.29, 0.717) is 17.2 Å². The molecule has 7 heteroatoms. The summed E-state index contributed by atoms with van der Waals surface area (Å²) in [7, 11) is -1.97. The van der Waals surface area contributed by atoms with Gasteiger partial charge in [0.05, 0.1) is 17.4 Å². The summed E-state index contributed by atoms with van der Waals surface area (Å²) in [4.78, 5) is 0.375. The van der Waals surface area contributed by atoms with E-state index in [1.165, 1.54) is 0 Å². The number of hydrogen-bond acceptors (Lipinski definition) is 4. The van der Waals surface area contributed by atoms with Crippen molar-refractivity contribution in [2.45, 2.75) is 24.1 Å². The van der Waals surface area contributed by atoms with Crippen LogP contribution in [0.15, 0.2) is 45.8 Å². The van der Waals surface area contributed by atoms with Crippen LogP contribution in [0.1, 0.15) is 22.1 Å². The Hall–Kier alpha value is -1.02. The predicted molar refractivity (Wildman–Crippen MR) is 106 cm³/mol. The van der Waals surface area contributed by atoms with Gasteiger partial charge in [-0.1, -0.05) is 33.6 Å². The maximum atomic E-state index is 13.3. The maximum Gasteiger partial charge on any atom is 0.244 e. The average Bonchev–Trinajstić information content (AvgIpc) is 3.04. The van der Waals surface area contributed by atoms with Gasteiger partial charge >= 0.3 is 0 Å². The molecule has 2 aromatic carbocycles. The lowest BCUT2D eigenvalue weighted by Gasteiger charge is -2.25. The Bertz CT molecular complexity index is 899. The van der Waals surface area contributed by atoms with Gasteiger partial charge in [0, 0.05) is 22.3 Å². The molecule has 1 heterocycles. The van der Waals surface area contributed by atoms with Crippen molar-refractivity contribution >= 4 is 37.7 Å². The Kier molecular flexibility index (Phi) is 5.48. The van der Waals surface area contributed by atoms with Gasteiger partial charge in [0.15, 0.2) is 0 Å². The number of sulfonamides is 1. The lowest BCUT2D eigenvalue weighted by atomic mass is 10.2. The fraction of sp³-hybridized carbons (Fsp3) is 0.333. The van der Waals surface area contributed by atoms with Gasteiger partial charge in [-0.05, 0) is 43.7 Å². The lowest BCUT2D eigenvalue weighted by Crippen LogP contribution is -2.31. The molecule has 1 saturated heterocycles. The van der Waals surface area contributed by atoms with Gasteiger partial charge in [-0.25, -0.2) is 8.42 Å². The molecular formula is C18H20BrNO3S2. The molecule has 0 unspecified atom stereocenters. The van der Waals surface area contributed by atoms with Crippen LogP contribution in [-0.2, 0) is 10.0 Å². The van der Waals surface area contributed by atoms with Crippen molar-refractivity contribution < 1.29 is 13.2 Å². The van der Waals surface area contributed by atoms with E-state index in [1.807, 2.05) is 44.2 Å². The van der Waals surface area contributed by atoms with Crippen LogP contribution in [-0.4, -0.2) is 32.1 Å². The number of aryl methyl sites for hydroxylation is 2. The first kappa shape index (κ1) is 18.8. The quantitative estimate of drug-likeness (QED) is 0.699. The van der Waals surface area contributed by atoms with Crippen molar-refractivity contribution in [1.82, 2.24) is 4.31 Å². The second-order valence-electron chi connectivity index (χ2n) is 5.99. The number of ether oxygens (including phenoxy) is 1. The van der Waals surface area contributed by atoms with Gasteiger partial charge in [-0.15, -0.1) is 11.8 Å².